The van der Waals surface area contributed by atoms with E-state index in [9.17, 15) is 19.7 Å². The van der Waals surface area contributed by atoms with Gasteiger partial charge in [0.25, 0.3) is 5.69 Å². The van der Waals surface area contributed by atoms with Gasteiger partial charge < -0.3 is 23.8 Å². The quantitative estimate of drug-likeness (QED) is 0.104. The van der Waals surface area contributed by atoms with Crippen LogP contribution < -0.4 is 9.47 Å². The molecule has 1 aromatic heterocycles. The minimum atomic E-state index is -0.673. The number of carbonyl (C=O) groups excluding carboxylic acids is 2. The fourth-order valence-electron chi connectivity index (χ4n) is 6.27. The molecule has 3 aromatic rings. The van der Waals surface area contributed by atoms with Gasteiger partial charge in [0.15, 0.2) is 0 Å². The predicted molar refractivity (Wildman–Crippen MR) is 187 cm³/mol. The zero-order valence-electron chi connectivity index (χ0n) is 29.5. The Labute approximate surface area is 293 Å². The molecular formula is C38H48N4O8. The van der Waals surface area contributed by atoms with E-state index < -0.39 is 34.6 Å². The van der Waals surface area contributed by atoms with Crippen molar-refractivity contribution in [1.82, 2.24) is 15.1 Å². The van der Waals surface area contributed by atoms with Crippen molar-refractivity contribution in [1.29, 1.82) is 0 Å². The van der Waals surface area contributed by atoms with E-state index in [1.165, 1.54) is 43.5 Å². The first-order chi connectivity index (χ1) is 24.0. The van der Waals surface area contributed by atoms with Crippen molar-refractivity contribution in [3.05, 3.63) is 76.0 Å². The summed E-state index contributed by atoms with van der Waals surface area (Å²) >= 11 is 0. The van der Waals surface area contributed by atoms with Crippen molar-refractivity contribution in [2.24, 2.45) is 5.92 Å². The SMILES string of the molecule is CCCCc1nnc(OC[C@H]2CN(C(=O)OC(C)(C)C)CC[C@@H]2OC(=O)c2ccc([N+](=O)[O-])cc2)cc1-c1ccc(OC2CCCCC2)cc1. The van der Waals surface area contributed by atoms with Crippen molar-refractivity contribution in [3.63, 3.8) is 0 Å². The van der Waals surface area contributed by atoms with E-state index in [0.29, 0.717) is 18.8 Å². The van der Waals surface area contributed by atoms with Crippen LogP contribution in [-0.2, 0) is 15.9 Å². The van der Waals surface area contributed by atoms with E-state index >= 15 is 0 Å². The summed E-state index contributed by atoms with van der Waals surface area (Å²) in [6.45, 7) is 8.20. The number of hydrogen-bond donors (Lipinski definition) is 0. The molecule has 0 unspecified atom stereocenters. The van der Waals surface area contributed by atoms with E-state index in [-0.39, 0.29) is 30.5 Å². The van der Waals surface area contributed by atoms with Crippen molar-refractivity contribution < 1.29 is 33.5 Å². The molecule has 2 aromatic carbocycles. The molecule has 268 valence electrons. The molecule has 1 aliphatic heterocycles. The third-order valence-corrected chi connectivity index (χ3v) is 8.97. The van der Waals surface area contributed by atoms with E-state index in [2.05, 4.69) is 17.1 Å². The number of nitro groups is 1. The van der Waals surface area contributed by atoms with Gasteiger partial charge in [-0.1, -0.05) is 31.9 Å². The molecule has 2 heterocycles. The fourth-order valence-corrected chi connectivity index (χ4v) is 6.27. The lowest BCUT2D eigenvalue weighted by atomic mass is 9.95. The van der Waals surface area contributed by atoms with E-state index in [0.717, 1.165) is 54.7 Å². The van der Waals surface area contributed by atoms with Crippen LogP contribution in [0.4, 0.5) is 10.5 Å². The smallest absolute Gasteiger partial charge is 0.410 e. The van der Waals surface area contributed by atoms with E-state index in [4.69, 9.17) is 18.9 Å². The Balaban J connectivity index is 1.32. The maximum atomic E-state index is 13.1. The van der Waals surface area contributed by atoms with Crippen LogP contribution in [0.5, 0.6) is 11.6 Å². The molecule has 2 atom stereocenters. The lowest BCUT2D eigenvalue weighted by Crippen LogP contribution is -2.50. The van der Waals surface area contributed by atoms with Gasteiger partial charge in [-0.15, -0.1) is 5.10 Å². The average molecular weight is 689 g/mol. The first kappa shape index (κ1) is 36.5. The number of benzene rings is 2. The molecule has 2 aliphatic rings. The Hall–Kier alpha value is -4.74. The van der Waals surface area contributed by atoms with Gasteiger partial charge in [-0.3, -0.25) is 10.1 Å². The Morgan fingerprint density at radius 1 is 0.980 bits per heavy atom. The van der Waals surface area contributed by atoms with Crippen LogP contribution >= 0.6 is 0 Å². The highest BCUT2D eigenvalue weighted by molar-refractivity contribution is 5.89. The average Bonchev–Trinajstić information content (AvgIpc) is 3.10. The Morgan fingerprint density at radius 3 is 2.36 bits per heavy atom. The van der Waals surface area contributed by atoms with Crippen molar-refractivity contribution in [2.75, 3.05) is 19.7 Å². The normalized spacial score (nSPS) is 18.3. The number of rotatable bonds is 12. The summed E-state index contributed by atoms with van der Waals surface area (Å²) in [4.78, 5) is 38.2. The van der Waals surface area contributed by atoms with Gasteiger partial charge in [-0.2, -0.15) is 5.10 Å². The highest BCUT2D eigenvalue weighted by atomic mass is 16.6. The van der Waals surface area contributed by atoms with Gasteiger partial charge in [0, 0.05) is 49.2 Å². The summed E-state index contributed by atoms with van der Waals surface area (Å²) < 4.78 is 24.0. The fraction of sp³-hybridized carbons (Fsp3) is 0.526. The molecule has 0 radical (unpaired) electrons. The third kappa shape index (κ3) is 10.1. The van der Waals surface area contributed by atoms with Gasteiger partial charge in [-0.25, -0.2) is 9.59 Å². The minimum Gasteiger partial charge on any atom is -0.490 e. The second-order valence-electron chi connectivity index (χ2n) is 14.1. The zero-order valence-corrected chi connectivity index (χ0v) is 29.5. The molecule has 0 bridgehead atoms. The number of carbonyl (C=O) groups is 2. The number of non-ortho nitro benzene ring substituents is 1. The zero-order chi connectivity index (χ0) is 35.7. The van der Waals surface area contributed by atoms with Crippen LogP contribution in [0.2, 0.25) is 0 Å². The van der Waals surface area contributed by atoms with Gasteiger partial charge in [0.2, 0.25) is 5.88 Å². The molecule has 0 N–H and O–H groups in total. The van der Waals surface area contributed by atoms with Crippen molar-refractivity contribution in [3.8, 4) is 22.8 Å². The topological polar surface area (TPSA) is 143 Å². The number of likely N-dealkylation sites (tertiary alicyclic amines) is 1. The number of ether oxygens (including phenoxy) is 4. The lowest BCUT2D eigenvalue weighted by molar-refractivity contribution is -0.384. The van der Waals surface area contributed by atoms with Crippen LogP contribution in [0, 0.1) is 16.0 Å². The minimum absolute atomic E-state index is 0.0914. The van der Waals surface area contributed by atoms with Crippen molar-refractivity contribution in [2.45, 2.75) is 103 Å². The standard InChI is InChI=1S/C38H48N4O8/c1-5-6-12-33-32(26-15-19-31(20-16-26)48-30-10-8-7-9-11-30)23-35(40-39-33)47-25-28-24-41(37(44)50-38(2,3)4)22-21-34(28)49-36(43)27-13-17-29(18-14-27)42(45)46/h13-20,23,28,30,34H,5-12,21-22,24-25H2,1-4H3/t28-,34+/m1/s1. The monoisotopic (exact) mass is 688 g/mol. The van der Waals surface area contributed by atoms with Gasteiger partial charge in [0.05, 0.1) is 28.9 Å². The van der Waals surface area contributed by atoms with Crippen LogP contribution in [0.1, 0.15) is 95.1 Å². The van der Waals surface area contributed by atoms with Gasteiger partial charge in [0.1, 0.15) is 17.5 Å². The summed E-state index contributed by atoms with van der Waals surface area (Å²) in [5.41, 5.74) is 2.18. The number of piperidine rings is 1. The molecule has 1 amide bonds. The van der Waals surface area contributed by atoms with E-state index in [1.807, 2.05) is 51.1 Å². The molecule has 5 rings (SSSR count). The van der Waals surface area contributed by atoms with Crippen LogP contribution in [-0.4, -0.2) is 69.6 Å². The van der Waals surface area contributed by atoms with E-state index in [1.54, 1.807) is 4.90 Å². The number of hydrogen-bond acceptors (Lipinski definition) is 10. The number of nitro benzene ring substituents is 1. The molecule has 50 heavy (non-hydrogen) atoms. The maximum Gasteiger partial charge on any atom is 0.410 e. The van der Waals surface area contributed by atoms with Gasteiger partial charge in [-0.05, 0) is 89.1 Å². The van der Waals surface area contributed by atoms with Crippen LogP contribution in [0.15, 0.2) is 54.6 Å². The molecule has 0 spiro atoms. The third-order valence-electron chi connectivity index (χ3n) is 8.97. The molecule has 12 nitrogen and oxygen atoms in total. The molecule has 12 heteroatoms. The largest absolute Gasteiger partial charge is 0.490 e. The molecule has 1 aliphatic carbocycles. The second kappa shape index (κ2) is 16.8. The Bertz CT molecular complexity index is 1600. The summed E-state index contributed by atoms with van der Waals surface area (Å²) in [6, 6.07) is 15.3. The predicted octanol–water partition coefficient (Wildman–Crippen LogP) is 7.97. The Morgan fingerprint density at radius 2 is 1.70 bits per heavy atom. The number of aromatic nitrogens is 2. The second-order valence-corrected chi connectivity index (χ2v) is 14.1. The van der Waals surface area contributed by atoms with Crippen LogP contribution in [0.25, 0.3) is 11.1 Å². The Kier molecular flexibility index (Phi) is 12.3. The molecule has 1 saturated heterocycles. The molecular weight excluding hydrogens is 640 g/mol. The molecule has 2 fully saturated rings. The maximum absolute atomic E-state index is 13.1. The summed E-state index contributed by atoms with van der Waals surface area (Å²) in [5.74, 6) is 0.145. The highest BCUT2D eigenvalue weighted by Crippen LogP contribution is 2.31. The number of nitrogens with zero attached hydrogens (tertiary/aromatic N) is 4. The summed E-state index contributed by atoms with van der Waals surface area (Å²) in [6.07, 6.45) is 8.19. The first-order valence-corrected chi connectivity index (χ1v) is 17.7. The number of unbranched alkanes of at least 4 members (excludes halogenated alkanes) is 1. The van der Waals surface area contributed by atoms with Crippen LogP contribution in [0.3, 0.4) is 0 Å². The highest BCUT2D eigenvalue weighted by Gasteiger charge is 2.36. The number of amides is 1. The number of aryl methyl sites for hydroxylation is 1. The summed E-state index contributed by atoms with van der Waals surface area (Å²) in [7, 11) is 0. The molecule has 1 saturated carbocycles. The first-order valence-electron chi connectivity index (χ1n) is 17.7. The number of esters is 1. The summed E-state index contributed by atoms with van der Waals surface area (Å²) in [5, 5.41) is 20.0. The van der Waals surface area contributed by atoms with Crippen molar-refractivity contribution >= 4 is 17.7 Å². The van der Waals surface area contributed by atoms with Gasteiger partial charge >= 0.3 is 12.1 Å². The lowest BCUT2D eigenvalue weighted by Gasteiger charge is -2.38.